The van der Waals surface area contributed by atoms with Crippen molar-refractivity contribution in [1.29, 1.82) is 0 Å². The third-order valence-corrected chi connectivity index (χ3v) is 15.7. The predicted octanol–water partition coefficient (Wildman–Crippen LogP) is 12.9. The maximum Gasteiger partial charge on any atom is 0.167 e. The Bertz CT molecular complexity index is 3700. The predicted molar refractivity (Wildman–Crippen MR) is 317 cm³/mol. The Morgan fingerprint density at radius 2 is 0.817 bits per heavy atom. The van der Waals surface area contributed by atoms with E-state index in [2.05, 4.69) is 66.0 Å². The molecule has 2 N–H and O–H groups in total. The third kappa shape index (κ3) is 9.71. The van der Waals surface area contributed by atoms with Gasteiger partial charge in [-0.2, -0.15) is 0 Å². The number of imidazole rings is 1. The highest BCUT2D eigenvalue weighted by Crippen LogP contribution is 2.48. The Balaban J connectivity index is 1.02. The van der Waals surface area contributed by atoms with Crippen molar-refractivity contribution in [1.82, 2.24) is 19.5 Å². The van der Waals surface area contributed by atoms with Crippen LogP contribution in [0.5, 0.6) is 17.2 Å². The van der Waals surface area contributed by atoms with Gasteiger partial charge in [0.15, 0.2) is 23.2 Å². The van der Waals surface area contributed by atoms with Crippen LogP contribution in [0.25, 0.3) is 11.2 Å². The molecule has 11 aromatic rings. The molecule has 1 fully saturated rings. The first-order valence-electron chi connectivity index (χ1n) is 27.3. The second kappa shape index (κ2) is 23.3. The normalized spacial score (nSPS) is 16.4. The molecule has 0 spiro atoms. The quantitative estimate of drug-likeness (QED) is 0.0707. The van der Waals surface area contributed by atoms with Gasteiger partial charge < -0.3 is 38.8 Å². The van der Waals surface area contributed by atoms with Crippen LogP contribution in [0.4, 0.5) is 5.82 Å². The number of nitrogens with zero attached hydrogens (tertiary/aromatic N) is 4. The van der Waals surface area contributed by atoms with Crippen LogP contribution < -0.4 is 19.5 Å². The molecule has 0 amide bonds. The molecular formula is C70H61N5O7. The number of anilines is 1. The minimum absolute atomic E-state index is 0.0662. The topological polar surface area (TPSA) is 131 Å². The number of nitrogens with one attached hydrogen (secondary N) is 1. The first-order valence-corrected chi connectivity index (χ1v) is 27.3. The number of rotatable bonds is 20. The maximum absolute atomic E-state index is 13.5. The van der Waals surface area contributed by atoms with Crippen molar-refractivity contribution < 1.29 is 33.5 Å². The van der Waals surface area contributed by atoms with Crippen molar-refractivity contribution in [3.05, 3.63) is 318 Å². The summed E-state index contributed by atoms with van der Waals surface area (Å²) in [5.74, 6) is 2.57. The van der Waals surface area contributed by atoms with Crippen LogP contribution >= 0.6 is 0 Å². The molecule has 82 heavy (non-hydrogen) atoms. The number of hydrogen-bond donors (Lipinski definition) is 2. The Labute approximate surface area is 477 Å². The largest absolute Gasteiger partial charge is 0.497 e. The summed E-state index contributed by atoms with van der Waals surface area (Å²) in [5, 5.41) is 17.4. The molecule has 0 aliphatic carbocycles. The molecule has 408 valence electrons. The van der Waals surface area contributed by atoms with Gasteiger partial charge in [-0.3, -0.25) is 4.57 Å². The molecule has 9 aromatic carbocycles. The van der Waals surface area contributed by atoms with E-state index in [1.807, 2.05) is 194 Å². The fourth-order valence-electron chi connectivity index (χ4n) is 11.7. The molecule has 0 unspecified atom stereocenters. The second-order valence-electron chi connectivity index (χ2n) is 20.1. The lowest BCUT2D eigenvalue weighted by atomic mass is 9.77. The number of hydrogen-bond acceptors (Lipinski definition) is 11. The van der Waals surface area contributed by atoms with E-state index in [0.29, 0.717) is 28.5 Å². The summed E-state index contributed by atoms with van der Waals surface area (Å²) >= 11 is 0. The zero-order valence-corrected chi connectivity index (χ0v) is 45.6. The number of aliphatic hydroxyl groups is 1. The van der Waals surface area contributed by atoms with Gasteiger partial charge >= 0.3 is 0 Å². The van der Waals surface area contributed by atoms with E-state index in [-0.39, 0.29) is 6.61 Å². The third-order valence-electron chi connectivity index (χ3n) is 15.7. The zero-order valence-electron chi connectivity index (χ0n) is 45.6. The summed E-state index contributed by atoms with van der Waals surface area (Å²) in [6, 6.07) is 84.8. The molecule has 1 aliphatic heterocycles. The van der Waals surface area contributed by atoms with E-state index >= 15 is 0 Å². The summed E-state index contributed by atoms with van der Waals surface area (Å²) in [6.45, 7) is -0.0662. The summed E-state index contributed by atoms with van der Waals surface area (Å²) in [4.78, 5) is 14.9. The van der Waals surface area contributed by atoms with Gasteiger partial charge in [-0.1, -0.05) is 218 Å². The number of benzene rings is 9. The second-order valence-corrected chi connectivity index (χ2v) is 20.1. The van der Waals surface area contributed by atoms with Gasteiger partial charge in [0, 0.05) is 0 Å². The lowest BCUT2D eigenvalue weighted by Crippen LogP contribution is -2.46. The molecule has 12 rings (SSSR count). The number of aromatic nitrogens is 4. The summed E-state index contributed by atoms with van der Waals surface area (Å²) in [7, 11) is 4.96. The zero-order chi connectivity index (χ0) is 55.9. The number of aliphatic hydroxyl groups excluding tert-OH is 1. The van der Waals surface area contributed by atoms with Gasteiger partial charge in [0.1, 0.15) is 58.6 Å². The molecule has 1 saturated heterocycles. The Morgan fingerprint density at radius 3 is 1.24 bits per heavy atom. The Hall–Kier alpha value is -9.43. The van der Waals surface area contributed by atoms with Gasteiger partial charge in [0.2, 0.25) is 0 Å². The molecule has 0 saturated carbocycles. The van der Waals surface area contributed by atoms with Crippen molar-refractivity contribution in [3.63, 3.8) is 0 Å². The van der Waals surface area contributed by atoms with E-state index in [0.717, 1.165) is 55.8 Å². The van der Waals surface area contributed by atoms with Gasteiger partial charge in [-0.15, -0.1) is 0 Å². The Morgan fingerprint density at radius 1 is 0.451 bits per heavy atom. The standard InChI is InChI=1S/C70H61N5O7/c1-77-58-40-34-51(35-41-58)68(49-22-10-4-11-23-49,50-24-12-5-13-25-50)74-65-62-66(72-47-71-65)75(48-73-62)67-63(76)64(82-70(54-30-18-8-19-31-54,55-32-20-9-21-33-55)57-38-44-60(79-3)45-39-57)61(81-67)46-80-69(52-26-14-6-15-27-52,53-28-16-7-17-29-53)56-36-42-59(78-2)43-37-56/h4-45,47-48,61,63-64,67,76H,46H2,1-3H3,(H,71,72,74)/t61-,63-,64-,67-/m1/s1. The lowest BCUT2D eigenvalue weighted by Gasteiger charge is -2.41. The van der Waals surface area contributed by atoms with E-state index in [1.165, 1.54) is 6.33 Å². The summed E-state index contributed by atoms with van der Waals surface area (Å²) in [6.07, 6.45) is -1.31. The highest BCUT2D eigenvalue weighted by Gasteiger charge is 2.53. The van der Waals surface area contributed by atoms with Gasteiger partial charge in [0.25, 0.3) is 0 Å². The minimum Gasteiger partial charge on any atom is -0.497 e. The average molecular weight is 1080 g/mol. The molecule has 1 aliphatic rings. The SMILES string of the molecule is COc1ccc(C(Nc2ncnc3c2ncn3[C@@H]2O[C@H](COC(c3ccccc3)(c3ccccc3)c3ccc(OC)cc3)[C@@H](OC(c3ccccc3)(c3ccccc3)c3ccc(OC)cc3)[C@H]2O)(c2ccccc2)c2ccccc2)cc1. The first-order chi connectivity index (χ1) is 40.4. The summed E-state index contributed by atoms with van der Waals surface area (Å²) < 4.78 is 41.6. The average Bonchev–Trinajstić information content (AvgIpc) is 4.25. The molecule has 4 atom stereocenters. The van der Waals surface area contributed by atoms with Crippen LogP contribution in [0.15, 0.2) is 267 Å². The number of ether oxygens (including phenoxy) is 6. The van der Waals surface area contributed by atoms with Crippen molar-refractivity contribution >= 4 is 17.0 Å². The molecule has 0 radical (unpaired) electrons. The molecule has 12 heteroatoms. The van der Waals surface area contributed by atoms with Gasteiger partial charge in [0.05, 0.1) is 34.3 Å². The van der Waals surface area contributed by atoms with Crippen molar-refractivity contribution in [2.24, 2.45) is 0 Å². The molecule has 0 bridgehead atoms. The van der Waals surface area contributed by atoms with Crippen LogP contribution in [-0.4, -0.2) is 70.9 Å². The van der Waals surface area contributed by atoms with Crippen molar-refractivity contribution in [2.45, 2.75) is 41.3 Å². The van der Waals surface area contributed by atoms with Gasteiger partial charge in [-0.25, -0.2) is 15.0 Å². The highest BCUT2D eigenvalue weighted by atomic mass is 16.6. The van der Waals surface area contributed by atoms with Crippen LogP contribution in [-0.2, 0) is 31.0 Å². The van der Waals surface area contributed by atoms with Crippen molar-refractivity contribution in [3.8, 4) is 17.2 Å². The minimum atomic E-state index is -1.35. The van der Waals surface area contributed by atoms with Crippen LogP contribution in [0, 0.1) is 0 Å². The monoisotopic (exact) mass is 1080 g/mol. The Kier molecular flexibility index (Phi) is 15.2. The fourth-order valence-corrected chi connectivity index (χ4v) is 11.7. The molecule has 2 aromatic heterocycles. The molecule has 3 heterocycles. The van der Waals surface area contributed by atoms with Crippen LogP contribution in [0.3, 0.4) is 0 Å². The lowest BCUT2D eigenvalue weighted by molar-refractivity contribution is -0.131. The van der Waals surface area contributed by atoms with Crippen molar-refractivity contribution in [2.75, 3.05) is 33.3 Å². The van der Waals surface area contributed by atoms with E-state index < -0.39 is 41.3 Å². The fraction of sp³-hybridized carbons (Fsp3) is 0.157. The molecular weight excluding hydrogens is 1020 g/mol. The maximum atomic E-state index is 13.5. The van der Waals surface area contributed by atoms with Crippen LogP contribution in [0.1, 0.15) is 56.3 Å². The van der Waals surface area contributed by atoms with Crippen LogP contribution in [0.2, 0.25) is 0 Å². The van der Waals surface area contributed by atoms with Gasteiger partial charge in [-0.05, 0) is 86.5 Å². The highest BCUT2D eigenvalue weighted by molar-refractivity contribution is 5.84. The van der Waals surface area contributed by atoms with E-state index in [1.54, 1.807) is 32.2 Å². The smallest absolute Gasteiger partial charge is 0.167 e. The number of methoxy groups -OCH3 is 3. The summed E-state index contributed by atoms with van der Waals surface area (Å²) in [5.41, 5.74) is 5.31. The number of fused-ring (bicyclic) bond motifs is 1. The van der Waals surface area contributed by atoms with E-state index in [4.69, 9.17) is 43.4 Å². The molecule has 12 nitrogen and oxygen atoms in total. The van der Waals surface area contributed by atoms with E-state index in [9.17, 15) is 5.11 Å². The first kappa shape index (κ1) is 53.2.